The van der Waals surface area contributed by atoms with Crippen LogP contribution < -0.4 is 10.1 Å². The fourth-order valence-electron chi connectivity index (χ4n) is 3.78. The van der Waals surface area contributed by atoms with Crippen molar-refractivity contribution in [3.63, 3.8) is 0 Å². The number of amides is 2. The van der Waals surface area contributed by atoms with Crippen LogP contribution in [0.25, 0.3) is 5.65 Å². The molecule has 3 aromatic rings. The van der Waals surface area contributed by atoms with Crippen molar-refractivity contribution in [2.45, 2.75) is 45.4 Å². The monoisotopic (exact) mass is 378 g/mol. The Bertz CT molecular complexity index is 1020. The second kappa shape index (κ2) is 6.86. The molecule has 146 valence electrons. The number of urea groups is 1. The molecule has 0 saturated carbocycles. The Morgan fingerprint density at radius 3 is 3.00 bits per heavy atom. The van der Waals surface area contributed by atoms with E-state index in [1.807, 2.05) is 47.1 Å². The topological polar surface area (TPSA) is 58.9 Å². The van der Waals surface area contributed by atoms with E-state index < -0.39 is 0 Å². The van der Waals surface area contributed by atoms with Gasteiger partial charge in [-0.2, -0.15) is 0 Å². The summed E-state index contributed by atoms with van der Waals surface area (Å²) in [5.74, 6) is 0.844. The zero-order valence-corrected chi connectivity index (χ0v) is 16.8. The van der Waals surface area contributed by atoms with Gasteiger partial charge in [-0.15, -0.1) is 0 Å². The Labute approximate surface area is 165 Å². The summed E-state index contributed by atoms with van der Waals surface area (Å²) in [5.41, 5.74) is 3.70. The van der Waals surface area contributed by atoms with Crippen molar-refractivity contribution in [2.24, 2.45) is 0 Å². The number of ether oxygens (including phenoxy) is 1. The molecule has 6 heteroatoms. The maximum Gasteiger partial charge on any atom is 0.317 e. The predicted octanol–water partition coefficient (Wildman–Crippen LogP) is 4.09. The van der Waals surface area contributed by atoms with Crippen LogP contribution >= 0.6 is 0 Å². The van der Waals surface area contributed by atoms with E-state index in [0.29, 0.717) is 6.54 Å². The van der Waals surface area contributed by atoms with E-state index in [-0.39, 0.29) is 17.7 Å². The van der Waals surface area contributed by atoms with Gasteiger partial charge in [-0.3, -0.25) is 0 Å². The predicted molar refractivity (Wildman–Crippen MR) is 108 cm³/mol. The van der Waals surface area contributed by atoms with Gasteiger partial charge in [0, 0.05) is 25.2 Å². The summed E-state index contributed by atoms with van der Waals surface area (Å²) in [7, 11) is 1.80. The number of pyridine rings is 1. The average molecular weight is 378 g/mol. The van der Waals surface area contributed by atoms with Crippen molar-refractivity contribution in [2.75, 3.05) is 7.05 Å². The summed E-state index contributed by atoms with van der Waals surface area (Å²) in [6, 6.07) is 11.8. The van der Waals surface area contributed by atoms with Crippen LogP contribution in [0.1, 0.15) is 43.1 Å². The first-order valence-corrected chi connectivity index (χ1v) is 9.54. The molecule has 0 radical (unpaired) electrons. The molecule has 0 saturated heterocycles. The van der Waals surface area contributed by atoms with E-state index >= 15 is 0 Å². The number of carbonyl (C=O) groups excluding carboxylic acids is 1. The molecule has 4 rings (SSSR count). The van der Waals surface area contributed by atoms with Gasteiger partial charge < -0.3 is 19.4 Å². The molecule has 28 heavy (non-hydrogen) atoms. The second-order valence-electron chi connectivity index (χ2n) is 8.14. The maximum absolute atomic E-state index is 12.9. The van der Waals surface area contributed by atoms with E-state index in [0.717, 1.165) is 34.6 Å². The quantitative estimate of drug-likeness (QED) is 0.747. The molecule has 1 aromatic carbocycles. The van der Waals surface area contributed by atoms with Crippen LogP contribution in [0.2, 0.25) is 0 Å². The Hall–Kier alpha value is -3.02. The number of imidazole rings is 1. The molecule has 0 spiro atoms. The summed E-state index contributed by atoms with van der Waals surface area (Å²) in [6.07, 6.45) is 4.50. The third kappa shape index (κ3) is 3.54. The number of aromatic nitrogens is 2. The standard InChI is InChI=1S/C22H26N4O2/c1-15-8-9-19-17(11-15)18(12-22(2,3)28-19)24-21(27)25(4)14-16-13-23-20-7-5-6-10-26(16)20/h5-11,13,18H,12,14H2,1-4H3,(H,24,27)/t18-/m1/s1. The summed E-state index contributed by atoms with van der Waals surface area (Å²) in [4.78, 5) is 19.0. The van der Waals surface area contributed by atoms with Crippen molar-refractivity contribution in [1.29, 1.82) is 0 Å². The molecule has 3 heterocycles. The number of hydrogen-bond acceptors (Lipinski definition) is 3. The van der Waals surface area contributed by atoms with Gasteiger partial charge in [-0.05, 0) is 39.0 Å². The van der Waals surface area contributed by atoms with Gasteiger partial charge in [0.15, 0.2) is 0 Å². The van der Waals surface area contributed by atoms with Crippen molar-refractivity contribution >= 4 is 11.7 Å². The molecule has 0 aliphatic carbocycles. The minimum atomic E-state index is -0.333. The molecule has 1 aliphatic rings. The maximum atomic E-state index is 12.9. The molecule has 1 atom stereocenters. The zero-order chi connectivity index (χ0) is 19.9. The molecule has 0 fully saturated rings. The lowest BCUT2D eigenvalue weighted by molar-refractivity contribution is 0.0666. The summed E-state index contributed by atoms with van der Waals surface area (Å²) in [6.45, 7) is 6.63. The number of benzene rings is 1. The molecule has 2 amide bonds. The fourth-order valence-corrected chi connectivity index (χ4v) is 3.78. The highest BCUT2D eigenvalue weighted by molar-refractivity contribution is 5.74. The molecule has 1 N–H and O–H groups in total. The number of nitrogens with one attached hydrogen (secondary N) is 1. The van der Waals surface area contributed by atoms with Gasteiger partial charge in [-0.25, -0.2) is 9.78 Å². The van der Waals surface area contributed by atoms with Crippen molar-refractivity contribution < 1.29 is 9.53 Å². The molecule has 6 nitrogen and oxygen atoms in total. The highest BCUT2D eigenvalue weighted by Gasteiger charge is 2.35. The van der Waals surface area contributed by atoms with Crippen LogP contribution in [-0.4, -0.2) is 33.0 Å². The number of aryl methyl sites for hydroxylation is 1. The molecule has 0 unspecified atom stereocenters. The third-order valence-corrected chi connectivity index (χ3v) is 5.16. The van der Waals surface area contributed by atoms with E-state index in [1.54, 1.807) is 11.9 Å². The largest absolute Gasteiger partial charge is 0.487 e. The van der Waals surface area contributed by atoms with Gasteiger partial charge in [0.05, 0.1) is 24.5 Å². The summed E-state index contributed by atoms with van der Waals surface area (Å²) < 4.78 is 8.10. The van der Waals surface area contributed by atoms with Crippen LogP contribution in [0.15, 0.2) is 48.8 Å². The number of nitrogens with zero attached hydrogens (tertiary/aromatic N) is 3. The van der Waals surface area contributed by atoms with Crippen molar-refractivity contribution in [1.82, 2.24) is 19.6 Å². The van der Waals surface area contributed by atoms with Crippen molar-refractivity contribution in [3.8, 4) is 5.75 Å². The number of rotatable bonds is 3. The first-order chi connectivity index (χ1) is 13.3. The molecule has 1 aliphatic heterocycles. The Morgan fingerprint density at radius 1 is 1.36 bits per heavy atom. The Balaban J connectivity index is 1.52. The normalized spacial score (nSPS) is 17.6. The number of hydrogen-bond donors (Lipinski definition) is 1. The van der Waals surface area contributed by atoms with E-state index in [4.69, 9.17) is 4.74 Å². The fraction of sp³-hybridized carbons (Fsp3) is 0.364. The van der Waals surface area contributed by atoms with Gasteiger partial charge in [-0.1, -0.05) is 23.8 Å². The van der Waals surface area contributed by atoms with E-state index in [2.05, 4.69) is 37.1 Å². The molecule has 2 aromatic heterocycles. The van der Waals surface area contributed by atoms with Crippen LogP contribution in [-0.2, 0) is 6.54 Å². The highest BCUT2D eigenvalue weighted by Crippen LogP contribution is 2.39. The molecule has 0 bridgehead atoms. The van der Waals surface area contributed by atoms with Crippen LogP contribution in [0.3, 0.4) is 0 Å². The van der Waals surface area contributed by atoms with Crippen molar-refractivity contribution in [3.05, 3.63) is 65.6 Å². The van der Waals surface area contributed by atoms with E-state index in [1.165, 1.54) is 0 Å². The minimum absolute atomic E-state index is 0.0872. The lowest BCUT2D eigenvalue weighted by Gasteiger charge is -2.38. The second-order valence-corrected chi connectivity index (χ2v) is 8.14. The van der Waals surface area contributed by atoms with Gasteiger partial charge in [0.25, 0.3) is 0 Å². The smallest absolute Gasteiger partial charge is 0.317 e. The van der Waals surface area contributed by atoms with Crippen LogP contribution in [0, 0.1) is 6.92 Å². The van der Waals surface area contributed by atoms with Gasteiger partial charge >= 0.3 is 6.03 Å². The SMILES string of the molecule is Cc1ccc2c(c1)[C@H](NC(=O)N(C)Cc1cnc3ccccn13)CC(C)(C)O2. The van der Waals surface area contributed by atoms with Gasteiger partial charge in [0.2, 0.25) is 0 Å². The number of carbonyl (C=O) groups is 1. The first-order valence-electron chi connectivity index (χ1n) is 9.54. The van der Waals surface area contributed by atoms with Crippen LogP contribution in [0.5, 0.6) is 5.75 Å². The first kappa shape index (κ1) is 18.3. The lowest BCUT2D eigenvalue weighted by atomic mass is 9.89. The molecular formula is C22H26N4O2. The third-order valence-electron chi connectivity index (χ3n) is 5.16. The van der Waals surface area contributed by atoms with E-state index in [9.17, 15) is 4.79 Å². The lowest BCUT2D eigenvalue weighted by Crippen LogP contribution is -2.45. The van der Waals surface area contributed by atoms with Gasteiger partial charge in [0.1, 0.15) is 17.0 Å². The average Bonchev–Trinajstić information content (AvgIpc) is 3.04. The Kier molecular flexibility index (Phi) is 4.49. The highest BCUT2D eigenvalue weighted by atomic mass is 16.5. The summed E-state index contributed by atoms with van der Waals surface area (Å²) in [5, 5.41) is 3.20. The molecular weight excluding hydrogens is 352 g/mol. The Morgan fingerprint density at radius 2 is 2.18 bits per heavy atom. The van der Waals surface area contributed by atoms with Crippen LogP contribution in [0.4, 0.5) is 4.79 Å². The number of fused-ring (bicyclic) bond motifs is 2. The summed E-state index contributed by atoms with van der Waals surface area (Å²) >= 11 is 0. The minimum Gasteiger partial charge on any atom is -0.487 e. The zero-order valence-electron chi connectivity index (χ0n) is 16.8.